The second kappa shape index (κ2) is 5.93. The average Bonchev–Trinajstić information content (AvgIpc) is 3.24. The lowest BCUT2D eigenvalue weighted by atomic mass is 9.48. The Kier molecular flexibility index (Phi) is 3.65. The minimum absolute atomic E-state index is 0.0448. The van der Waals surface area contributed by atoms with Crippen molar-refractivity contribution >= 4 is 5.91 Å². The molecular weight excluding hydrogens is 330 g/mol. The second-order valence-electron chi connectivity index (χ2n) is 8.69. The maximum atomic E-state index is 12.5. The zero-order chi connectivity index (χ0) is 17.7. The lowest BCUT2D eigenvalue weighted by molar-refractivity contribution is -0.126. The number of rotatable bonds is 5. The first-order chi connectivity index (χ1) is 12.6. The normalized spacial score (nSPS) is 33.3. The van der Waals surface area contributed by atoms with Gasteiger partial charge >= 0.3 is 0 Å². The SMILES string of the molecule is C[C@@H](NC(=O)Cn1nnc(-c2ccco2)n1)C12CC3CC(CC(C3)C1)C2. The molecular formula is C19H25N5O2. The van der Waals surface area contributed by atoms with Gasteiger partial charge < -0.3 is 9.73 Å². The van der Waals surface area contributed by atoms with E-state index in [1.165, 1.54) is 43.3 Å². The molecule has 7 heteroatoms. The molecule has 4 aliphatic rings. The van der Waals surface area contributed by atoms with Crippen molar-refractivity contribution in [2.24, 2.45) is 23.2 Å². The monoisotopic (exact) mass is 355 g/mol. The fraction of sp³-hybridized carbons (Fsp3) is 0.684. The van der Waals surface area contributed by atoms with Crippen LogP contribution in [0.2, 0.25) is 0 Å². The molecule has 26 heavy (non-hydrogen) atoms. The Labute approximate surface area is 152 Å². The van der Waals surface area contributed by atoms with Crippen LogP contribution in [-0.2, 0) is 11.3 Å². The van der Waals surface area contributed by atoms with Crippen LogP contribution < -0.4 is 5.32 Å². The molecule has 0 saturated heterocycles. The maximum Gasteiger partial charge on any atom is 0.243 e. The zero-order valence-electron chi connectivity index (χ0n) is 15.1. The second-order valence-corrected chi connectivity index (χ2v) is 8.69. The molecule has 2 aromatic heterocycles. The van der Waals surface area contributed by atoms with Crippen molar-refractivity contribution in [3.63, 3.8) is 0 Å². The number of nitrogens with one attached hydrogen (secondary N) is 1. The Hall–Kier alpha value is -2.18. The van der Waals surface area contributed by atoms with Gasteiger partial charge in [-0.2, -0.15) is 4.80 Å². The molecule has 7 nitrogen and oxygen atoms in total. The third-order valence-corrected chi connectivity index (χ3v) is 6.86. The van der Waals surface area contributed by atoms with E-state index in [4.69, 9.17) is 4.42 Å². The number of carbonyl (C=O) groups is 1. The fourth-order valence-electron chi connectivity index (χ4n) is 6.09. The molecule has 0 spiro atoms. The van der Waals surface area contributed by atoms with E-state index in [0.717, 1.165) is 17.8 Å². The predicted molar refractivity (Wildman–Crippen MR) is 93.7 cm³/mol. The van der Waals surface area contributed by atoms with Crippen molar-refractivity contribution in [1.82, 2.24) is 25.5 Å². The highest BCUT2D eigenvalue weighted by atomic mass is 16.3. The Balaban J connectivity index is 1.23. The summed E-state index contributed by atoms with van der Waals surface area (Å²) in [5.74, 6) is 3.56. The van der Waals surface area contributed by atoms with Crippen molar-refractivity contribution in [2.75, 3.05) is 0 Å². The predicted octanol–water partition coefficient (Wildman–Crippen LogP) is 2.65. The fourth-order valence-corrected chi connectivity index (χ4v) is 6.09. The van der Waals surface area contributed by atoms with Crippen LogP contribution in [0.1, 0.15) is 45.4 Å². The third kappa shape index (κ3) is 2.73. The molecule has 0 aliphatic heterocycles. The first-order valence-electron chi connectivity index (χ1n) is 9.71. The van der Waals surface area contributed by atoms with Gasteiger partial charge in [-0.25, -0.2) is 0 Å². The first-order valence-corrected chi connectivity index (χ1v) is 9.71. The van der Waals surface area contributed by atoms with E-state index in [1.54, 1.807) is 18.4 Å². The smallest absolute Gasteiger partial charge is 0.243 e. The van der Waals surface area contributed by atoms with Crippen molar-refractivity contribution in [3.8, 4) is 11.6 Å². The van der Waals surface area contributed by atoms with Gasteiger partial charge in [-0.05, 0) is 86.0 Å². The molecule has 2 aromatic rings. The van der Waals surface area contributed by atoms with Crippen LogP contribution in [0.5, 0.6) is 0 Å². The molecule has 0 aromatic carbocycles. The Morgan fingerprint density at radius 2 is 2.00 bits per heavy atom. The van der Waals surface area contributed by atoms with Crippen LogP contribution in [0.3, 0.4) is 0 Å². The Morgan fingerprint density at radius 3 is 2.62 bits per heavy atom. The van der Waals surface area contributed by atoms with E-state index < -0.39 is 0 Å². The molecule has 4 saturated carbocycles. The molecule has 4 fully saturated rings. The minimum atomic E-state index is -0.0448. The van der Waals surface area contributed by atoms with Crippen molar-refractivity contribution in [1.29, 1.82) is 0 Å². The highest BCUT2D eigenvalue weighted by molar-refractivity contribution is 5.75. The molecule has 2 heterocycles. The molecule has 1 amide bonds. The van der Waals surface area contributed by atoms with Gasteiger partial charge in [0.05, 0.1) is 6.26 Å². The number of carbonyl (C=O) groups excluding carboxylic acids is 1. The van der Waals surface area contributed by atoms with Crippen LogP contribution in [0.15, 0.2) is 22.8 Å². The summed E-state index contributed by atoms with van der Waals surface area (Å²) in [6.07, 6.45) is 9.66. The molecule has 4 aliphatic carbocycles. The van der Waals surface area contributed by atoms with Gasteiger partial charge in [-0.1, -0.05) is 0 Å². The summed E-state index contributed by atoms with van der Waals surface area (Å²) in [7, 11) is 0. The van der Waals surface area contributed by atoms with E-state index in [0.29, 0.717) is 17.0 Å². The summed E-state index contributed by atoms with van der Waals surface area (Å²) in [5.41, 5.74) is 0.305. The number of nitrogens with zero attached hydrogens (tertiary/aromatic N) is 4. The van der Waals surface area contributed by atoms with Gasteiger partial charge in [0.1, 0.15) is 6.54 Å². The number of hydrogen-bond donors (Lipinski definition) is 1. The van der Waals surface area contributed by atoms with Crippen LogP contribution in [0, 0.1) is 23.2 Å². The zero-order valence-corrected chi connectivity index (χ0v) is 15.1. The average molecular weight is 355 g/mol. The van der Waals surface area contributed by atoms with Gasteiger partial charge in [0, 0.05) is 6.04 Å². The molecule has 0 unspecified atom stereocenters. The number of aromatic nitrogens is 4. The highest BCUT2D eigenvalue weighted by Crippen LogP contribution is 2.61. The van der Waals surface area contributed by atoms with Gasteiger partial charge in [0.2, 0.25) is 11.7 Å². The largest absolute Gasteiger partial charge is 0.461 e. The number of amides is 1. The van der Waals surface area contributed by atoms with Crippen LogP contribution in [0.25, 0.3) is 11.6 Å². The number of hydrogen-bond acceptors (Lipinski definition) is 5. The molecule has 4 bridgehead atoms. The summed E-state index contributed by atoms with van der Waals surface area (Å²) in [6, 6.07) is 3.75. The number of furan rings is 1. The van der Waals surface area contributed by atoms with Gasteiger partial charge in [0.25, 0.3) is 0 Å². The van der Waals surface area contributed by atoms with Crippen molar-refractivity contribution in [3.05, 3.63) is 18.4 Å². The van der Waals surface area contributed by atoms with Crippen LogP contribution in [-0.4, -0.2) is 32.2 Å². The maximum absolute atomic E-state index is 12.5. The van der Waals surface area contributed by atoms with Crippen LogP contribution >= 0.6 is 0 Å². The lowest BCUT2D eigenvalue weighted by Gasteiger charge is -2.59. The summed E-state index contributed by atoms with van der Waals surface area (Å²) in [5, 5.41) is 15.4. The standard InChI is InChI=1S/C19H25N5O2/c1-12(19-8-13-5-14(9-19)7-15(6-13)10-19)20-17(25)11-24-22-18(21-23-24)16-3-2-4-26-16/h2-4,12-15H,5-11H2,1H3,(H,20,25)/t12-,13?,14?,15?,19?/m1/s1. The van der Waals surface area contributed by atoms with Gasteiger partial charge in [-0.3, -0.25) is 4.79 Å². The van der Waals surface area contributed by atoms with E-state index >= 15 is 0 Å². The quantitative estimate of drug-likeness (QED) is 0.891. The van der Waals surface area contributed by atoms with E-state index in [9.17, 15) is 4.79 Å². The molecule has 1 N–H and O–H groups in total. The summed E-state index contributed by atoms with van der Waals surface area (Å²) < 4.78 is 5.26. The molecule has 1 atom stereocenters. The minimum Gasteiger partial charge on any atom is -0.461 e. The Morgan fingerprint density at radius 1 is 1.31 bits per heavy atom. The van der Waals surface area contributed by atoms with Gasteiger partial charge in [-0.15, -0.1) is 10.2 Å². The van der Waals surface area contributed by atoms with Crippen molar-refractivity contribution in [2.45, 2.75) is 58.0 Å². The van der Waals surface area contributed by atoms with E-state index in [2.05, 4.69) is 27.7 Å². The van der Waals surface area contributed by atoms with E-state index in [-0.39, 0.29) is 18.5 Å². The number of tetrazole rings is 1. The summed E-state index contributed by atoms with van der Waals surface area (Å²) in [6.45, 7) is 2.28. The molecule has 138 valence electrons. The van der Waals surface area contributed by atoms with Crippen LogP contribution in [0.4, 0.5) is 0 Å². The topological polar surface area (TPSA) is 85.8 Å². The Bertz CT molecular complexity index is 761. The first kappa shape index (κ1) is 16.0. The summed E-state index contributed by atoms with van der Waals surface area (Å²) >= 11 is 0. The summed E-state index contributed by atoms with van der Waals surface area (Å²) in [4.78, 5) is 13.9. The molecule has 6 rings (SSSR count). The third-order valence-electron chi connectivity index (χ3n) is 6.86. The van der Waals surface area contributed by atoms with E-state index in [1.807, 2.05) is 0 Å². The molecule has 0 radical (unpaired) electrons. The van der Waals surface area contributed by atoms with Gasteiger partial charge in [0.15, 0.2) is 5.76 Å². The highest BCUT2D eigenvalue weighted by Gasteiger charge is 2.53. The lowest BCUT2D eigenvalue weighted by Crippen LogP contribution is -2.56. The van der Waals surface area contributed by atoms with Crippen molar-refractivity contribution < 1.29 is 9.21 Å².